The Hall–Kier alpha value is -0.0800. The molecule has 2 nitrogen and oxygen atoms in total. The highest BCUT2D eigenvalue weighted by Crippen LogP contribution is 2.13. The van der Waals surface area contributed by atoms with Gasteiger partial charge in [-0.3, -0.25) is 0 Å². The van der Waals surface area contributed by atoms with Gasteiger partial charge in [0.05, 0.1) is 0 Å². The lowest BCUT2D eigenvalue weighted by molar-refractivity contribution is 0.283. The molecule has 0 aromatic heterocycles. The van der Waals surface area contributed by atoms with Crippen LogP contribution in [0.1, 0.15) is 135 Å². The summed E-state index contributed by atoms with van der Waals surface area (Å²) in [7, 11) is 0. The SMILES string of the molecule is CCCCCCCCCCCCCCCCCCCNCCCCCO. The van der Waals surface area contributed by atoms with E-state index in [1.54, 1.807) is 0 Å². The van der Waals surface area contributed by atoms with Gasteiger partial charge in [0.2, 0.25) is 0 Å². The first-order valence-electron chi connectivity index (χ1n) is 12.2. The molecule has 2 N–H and O–H groups in total. The van der Waals surface area contributed by atoms with Gasteiger partial charge < -0.3 is 10.4 Å². The Balaban J connectivity index is 2.95. The zero-order valence-corrected chi connectivity index (χ0v) is 18.2. The number of rotatable bonds is 23. The predicted octanol–water partition coefficient (Wildman–Crippen LogP) is 7.39. The molecule has 0 radical (unpaired) electrons. The molecule has 0 aliphatic rings. The Morgan fingerprint density at radius 2 is 0.731 bits per heavy atom. The van der Waals surface area contributed by atoms with Crippen molar-refractivity contribution in [2.45, 2.75) is 135 Å². The Bertz CT molecular complexity index is 208. The highest BCUT2D eigenvalue weighted by atomic mass is 16.2. The molecule has 0 amide bonds. The van der Waals surface area contributed by atoms with E-state index < -0.39 is 0 Å². The zero-order valence-electron chi connectivity index (χ0n) is 18.2. The van der Waals surface area contributed by atoms with Gasteiger partial charge in [0.25, 0.3) is 0 Å². The van der Waals surface area contributed by atoms with E-state index in [4.69, 9.17) is 5.11 Å². The molecule has 0 bridgehead atoms. The van der Waals surface area contributed by atoms with Crippen LogP contribution in [0.4, 0.5) is 0 Å². The minimum absolute atomic E-state index is 0.346. The van der Waals surface area contributed by atoms with Crippen molar-refractivity contribution in [3.05, 3.63) is 0 Å². The van der Waals surface area contributed by atoms with Gasteiger partial charge in [0, 0.05) is 6.61 Å². The second-order valence-corrected chi connectivity index (χ2v) is 8.19. The van der Waals surface area contributed by atoms with E-state index >= 15 is 0 Å². The maximum absolute atomic E-state index is 8.71. The molecule has 0 heterocycles. The topological polar surface area (TPSA) is 32.3 Å². The van der Waals surface area contributed by atoms with Crippen molar-refractivity contribution in [1.82, 2.24) is 5.32 Å². The normalized spacial score (nSPS) is 11.3. The van der Waals surface area contributed by atoms with Crippen LogP contribution in [0.5, 0.6) is 0 Å². The molecule has 0 unspecified atom stereocenters. The molecule has 158 valence electrons. The Kier molecular flexibility index (Phi) is 24.8. The summed E-state index contributed by atoms with van der Waals surface area (Å²) in [6.07, 6.45) is 27.8. The van der Waals surface area contributed by atoms with Crippen molar-refractivity contribution in [2.24, 2.45) is 0 Å². The van der Waals surface area contributed by atoms with E-state index in [0.29, 0.717) is 6.61 Å². The number of hydrogen-bond acceptors (Lipinski definition) is 2. The van der Waals surface area contributed by atoms with E-state index in [1.807, 2.05) is 0 Å². The molecule has 0 aromatic rings. The van der Waals surface area contributed by atoms with Crippen molar-refractivity contribution in [3.63, 3.8) is 0 Å². The molecule has 0 saturated carbocycles. The average molecular weight is 370 g/mol. The van der Waals surface area contributed by atoms with Gasteiger partial charge in [-0.1, -0.05) is 110 Å². The van der Waals surface area contributed by atoms with Crippen molar-refractivity contribution in [1.29, 1.82) is 0 Å². The molecule has 0 atom stereocenters. The van der Waals surface area contributed by atoms with Crippen molar-refractivity contribution >= 4 is 0 Å². The molecule has 0 spiro atoms. The summed E-state index contributed by atoms with van der Waals surface area (Å²) in [6.45, 7) is 4.94. The van der Waals surface area contributed by atoms with E-state index in [-0.39, 0.29) is 0 Å². The fourth-order valence-corrected chi connectivity index (χ4v) is 3.64. The standard InChI is InChI=1S/C24H51NO/c1-2-3-4-5-6-7-8-9-10-11-12-13-14-15-16-17-19-22-25-23-20-18-21-24-26/h25-26H,2-24H2,1H3. The van der Waals surface area contributed by atoms with Crippen LogP contribution >= 0.6 is 0 Å². The lowest BCUT2D eigenvalue weighted by atomic mass is 10.0. The smallest absolute Gasteiger partial charge is 0.0431 e. The van der Waals surface area contributed by atoms with E-state index in [2.05, 4.69) is 12.2 Å². The average Bonchev–Trinajstić information content (AvgIpc) is 2.66. The fraction of sp³-hybridized carbons (Fsp3) is 1.00. The molecule has 0 aliphatic carbocycles. The molecular weight excluding hydrogens is 318 g/mol. The van der Waals surface area contributed by atoms with Gasteiger partial charge in [0.15, 0.2) is 0 Å². The van der Waals surface area contributed by atoms with Crippen molar-refractivity contribution in [2.75, 3.05) is 19.7 Å². The Morgan fingerprint density at radius 3 is 1.08 bits per heavy atom. The second kappa shape index (κ2) is 24.9. The van der Waals surface area contributed by atoms with Crippen LogP contribution in [0.2, 0.25) is 0 Å². The van der Waals surface area contributed by atoms with Gasteiger partial charge in [-0.25, -0.2) is 0 Å². The summed E-state index contributed by atoms with van der Waals surface area (Å²) in [5.41, 5.74) is 0. The first-order valence-corrected chi connectivity index (χ1v) is 12.2. The van der Waals surface area contributed by atoms with E-state index in [1.165, 1.54) is 122 Å². The maximum atomic E-state index is 8.71. The summed E-state index contributed by atoms with van der Waals surface area (Å²) in [5, 5.41) is 12.2. The first-order chi connectivity index (χ1) is 12.9. The number of nitrogens with one attached hydrogen (secondary N) is 1. The van der Waals surface area contributed by atoms with Crippen LogP contribution in [0, 0.1) is 0 Å². The summed E-state index contributed by atoms with van der Waals surface area (Å²) in [4.78, 5) is 0. The third kappa shape index (κ3) is 23.9. The quantitative estimate of drug-likeness (QED) is 0.184. The maximum Gasteiger partial charge on any atom is 0.0431 e. The third-order valence-electron chi connectivity index (χ3n) is 5.47. The highest BCUT2D eigenvalue weighted by Gasteiger charge is 1.95. The van der Waals surface area contributed by atoms with Crippen LogP contribution in [-0.4, -0.2) is 24.8 Å². The van der Waals surface area contributed by atoms with E-state index in [0.717, 1.165) is 19.4 Å². The van der Waals surface area contributed by atoms with Gasteiger partial charge in [-0.2, -0.15) is 0 Å². The van der Waals surface area contributed by atoms with Crippen LogP contribution in [0.3, 0.4) is 0 Å². The van der Waals surface area contributed by atoms with Crippen LogP contribution < -0.4 is 5.32 Å². The zero-order chi connectivity index (χ0) is 19.0. The van der Waals surface area contributed by atoms with Gasteiger partial charge in [-0.05, 0) is 38.8 Å². The molecule has 0 fully saturated rings. The number of hydrogen-bond donors (Lipinski definition) is 2. The summed E-state index contributed by atoms with van der Waals surface area (Å²) < 4.78 is 0. The molecule has 0 saturated heterocycles. The lowest BCUT2D eigenvalue weighted by Gasteiger charge is -2.05. The molecule has 26 heavy (non-hydrogen) atoms. The minimum Gasteiger partial charge on any atom is -0.396 e. The predicted molar refractivity (Wildman–Crippen MR) is 118 cm³/mol. The Labute approximate surface area is 165 Å². The monoisotopic (exact) mass is 369 g/mol. The molecule has 0 rings (SSSR count). The van der Waals surface area contributed by atoms with Crippen LogP contribution in [-0.2, 0) is 0 Å². The third-order valence-corrected chi connectivity index (χ3v) is 5.47. The largest absolute Gasteiger partial charge is 0.396 e. The lowest BCUT2D eigenvalue weighted by Crippen LogP contribution is -2.16. The van der Waals surface area contributed by atoms with Gasteiger partial charge in [-0.15, -0.1) is 0 Å². The summed E-state index contributed by atoms with van der Waals surface area (Å²) >= 11 is 0. The fourth-order valence-electron chi connectivity index (χ4n) is 3.64. The highest BCUT2D eigenvalue weighted by molar-refractivity contribution is 4.52. The first kappa shape index (κ1) is 25.9. The van der Waals surface area contributed by atoms with Crippen LogP contribution in [0.15, 0.2) is 0 Å². The molecule has 2 heteroatoms. The second-order valence-electron chi connectivity index (χ2n) is 8.19. The number of aliphatic hydroxyl groups excluding tert-OH is 1. The summed E-state index contributed by atoms with van der Waals surface area (Å²) in [5.74, 6) is 0. The van der Waals surface area contributed by atoms with Crippen LogP contribution in [0.25, 0.3) is 0 Å². The van der Waals surface area contributed by atoms with Crippen molar-refractivity contribution in [3.8, 4) is 0 Å². The van der Waals surface area contributed by atoms with Crippen molar-refractivity contribution < 1.29 is 5.11 Å². The van der Waals surface area contributed by atoms with E-state index in [9.17, 15) is 0 Å². The number of unbranched alkanes of at least 4 members (excludes halogenated alkanes) is 18. The molecule has 0 aliphatic heterocycles. The molecule has 0 aromatic carbocycles. The molecular formula is C24H51NO. The minimum atomic E-state index is 0.346. The Morgan fingerprint density at radius 1 is 0.423 bits per heavy atom. The van der Waals surface area contributed by atoms with Gasteiger partial charge >= 0.3 is 0 Å². The van der Waals surface area contributed by atoms with Gasteiger partial charge in [0.1, 0.15) is 0 Å². The summed E-state index contributed by atoms with van der Waals surface area (Å²) in [6, 6.07) is 0. The number of aliphatic hydroxyl groups is 1.